The second kappa shape index (κ2) is 9.35. The number of nitrogens with one attached hydrogen (secondary N) is 2. The Morgan fingerprint density at radius 3 is 2.62 bits per heavy atom. The van der Waals surface area contributed by atoms with E-state index in [9.17, 15) is 9.59 Å². The Hall–Kier alpha value is -1.63. The van der Waals surface area contributed by atoms with Crippen LogP contribution in [0.2, 0.25) is 5.02 Å². The molecule has 1 aliphatic heterocycles. The van der Waals surface area contributed by atoms with Gasteiger partial charge < -0.3 is 15.4 Å². The molecule has 1 aromatic carbocycles. The molecular formula is C19H26ClN3O3. The van der Waals surface area contributed by atoms with Gasteiger partial charge in [-0.2, -0.15) is 0 Å². The number of carbonyl (C=O) groups excluding carboxylic acids is 2. The Bertz CT molecular complexity index is 641. The van der Waals surface area contributed by atoms with Crippen LogP contribution in [0.15, 0.2) is 18.2 Å². The fraction of sp³-hybridized carbons (Fsp3) is 0.579. The maximum absolute atomic E-state index is 12.6. The first-order valence-electron chi connectivity index (χ1n) is 9.32. The van der Waals surface area contributed by atoms with Crippen LogP contribution in [-0.4, -0.2) is 55.6 Å². The zero-order valence-electron chi connectivity index (χ0n) is 14.9. The summed E-state index contributed by atoms with van der Waals surface area (Å²) >= 11 is 6.21. The molecule has 7 heteroatoms. The van der Waals surface area contributed by atoms with Crippen LogP contribution in [0.5, 0.6) is 0 Å². The van der Waals surface area contributed by atoms with Crippen LogP contribution >= 0.6 is 11.6 Å². The molecule has 1 heterocycles. The number of benzene rings is 1. The molecule has 2 N–H and O–H groups in total. The Morgan fingerprint density at radius 2 is 1.88 bits per heavy atom. The van der Waals surface area contributed by atoms with Crippen LogP contribution in [0.25, 0.3) is 0 Å². The third-order valence-electron chi connectivity index (χ3n) is 4.91. The summed E-state index contributed by atoms with van der Waals surface area (Å²) in [7, 11) is 0. The molecule has 6 nitrogen and oxygen atoms in total. The number of ether oxygens (including phenoxy) is 1. The van der Waals surface area contributed by atoms with Crippen molar-refractivity contribution in [2.75, 3.05) is 38.2 Å². The first-order chi connectivity index (χ1) is 12.6. The van der Waals surface area contributed by atoms with Crippen molar-refractivity contribution in [3.63, 3.8) is 0 Å². The minimum Gasteiger partial charge on any atom is -0.379 e. The first-order valence-corrected chi connectivity index (χ1v) is 9.70. The first kappa shape index (κ1) is 19.1. The standard InChI is InChI=1S/C19H26ClN3O3/c20-17-7-6-15(21-18(24)13-23-8-10-26-11-9-23)12-16(17)19(25)22-14-4-2-1-3-5-14/h6-7,12,14H,1-5,8-11,13H2,(H,21,24)(H,22,25). The molecule has 1 saturated carbocycles. The summed E-state index contributed by atoms with van der Waals surface area (Å²) in [6.07, 6.45) is 5.56. The number of halogens is 1. The highest BCUT2D eigenvalue weighted by molar-refractivity contribution is 6.34. The second-order valence-electron chi connectivity index (χ2n) is 6.94. The van der Waals surface area contributed by atoms with Crippen LogP contribution in [0.4, 0.5) is 5.69 Å². The number of hydrogen-bond donors (Lipinski definition) is 2. The van der Waals surface area contributed by atoms with Gasteiger partial charge >= 0.3 is 0 Å². The van der Waals surface area contributed by atoms with Crippen LogP contribution in [-0.2, 0) is 9.53 Å². The van der Waals surface area contributed by atoms with E-state index in [1.165, 1.54) is 6.42 Å². The second-order valence-corrected chi connectivity index (χ2v) is 7.35. The van der Waals surface area contributed by atoms with E-state index in [1.807, 2.05) is 4.90 Å². The molecule has 0 aromatic heterocycles. The molecule has 1 aromatic rings. The monoisotopic (exact) mass is 379 g/mol. The van der Waals surface area contributed by atoms with Crippen LogP contribution in [0, 0.1) is 0 Å². The topological polar surface area (TPSA) is 70.7 Å². The maximum atomic E-state index is 12.6. The summed E-state index contributed by atoms with van der Waals surface area (Å²) in [5, 5.41) is 6.31. The van der Waals surface area contributed by atoms with Gasteiger partial charge in [-0.3, -0.25) is 14.5 Å². The van der Waals surface area contributed by atoms with Crippen LogP contribution < -0.4 is 10.6 Å². The number of hydrogen-bond acceptors (Lipinski definition) is 4. The zero-order valence-corrected chi connectivity index (χ0v) is 15.7. The fourth-order valence-corrected chi connectivity index (χ4v) is 3.65. The molecule has 0 radical (unpaired) electrons. The number of amides is 2. The van der Waals surface area contributed by atoms with E-state index in [2.05, 4.69) is 10.6 Å². The molecule has 0 unspecified atom stereocenters. The lowest BCUT2D eigenvalue weighted by molar-refractivity contribution is -0.118. The summed E-state index contributed by atoms with van der Waals surface area (Å²) < 4.78 is 5.28. The van der Waals surface area contributed by atoms with Crippen molar-refractivity contribution in [3.8, 4) is 0 Å². The molecule has 2 fully saturated rings. The number of morpholine rings is 1. The lowest BCUT2D eigenvalue weighted by atomic mass is 9.95. The lowest BCUT2D eigenvalue weighted by Gasteiger charge is -2.25. The molecule has 3 rings (SSSR count). The molecule has 2 amide bonds. The molecule has 1 saturated heterocycles. The Kier molecular flexibility index (Phi) is 6.88. The van der Waals surface area contributed by atoms with Gasteiger partial charge in [-0.25, -0.2) is 0 Å². The normalized spacial score (nSPS) is 19.1. The predicted molar refractivity (Wildman–Crippen MR) is 102 cm³/mol. The molecule has 2 aliphatic rings. The highest BCUT2D eigenvalue weighted by Gasteiger charge is 2.19. The Labute approximate surface area is 159 Å². The maximum Gasteiger partial charge on any atom is 0.253 e. The van der Waals surface area contributed by atoms with Gasteiger partial charge in [0, 0.05) is 24.8 Å². The van der Waals surface area contributed by atoms with Gasteiger partial charge in [0.1, 0.15) is 0 Å². The fourth-order valence-electron chi connectivity index (χ4n) is 3.45. The van der Waals surface area contributed by atoms with Crippen molar-refractivity contribution in [2.24, 2.45) is 0 Å². The summed E-state index contributed by atoms with van der Waals surface area (Å²) in [5.74, 6) is -0.279. The minimum absolute atomic E-state index is 0.104. The van der Waals surface area contributed by atoms with Gasteiger partial charge in [-0.15, -0.1) is 0 Å². The van der Waals surface area contributed by atoms with E-state index in [1.54, 1.807) is 18.2 Å². The van der Waals surface area contributed by atoms with Crippen LogP contribution in [0.3, 0.4) is 0 Å². The third-order valence-corrected chi connectivity index (χ3v) is 5.24. The zero-order chi connectivity index (χ0) is 18.4. The van der Waals surface area contributed by atoms with Gasteiger partial charge in [-0.1, -0.05) is 30.9 Å². The van der Waals surface area contributed by atoms with E-state index in [4.69, 9.17) is 16.3 Å². The average Bonchev–Trinajstić information content (AvgIpc) is 2.65. The number of rotatable bonds is 5. The molecule has 0 spiro atoms. The molecule has 0 atom stereocenters. The number of carbonyl (C=O) groups is 2. The van der Waals surface area contributed by atoms with Gasteiger partial charge in [0.05, 0.1) is 30.3 Å². The summed E-state index contributed by atoms with van der Waals surface area (Å²) in [6.45, 7) is 3.13. The van der Waals surface area contributed by atoms with E-state index in [0.717, 1.165) is 38.8 Å². The van der Waals surface area contributed by atoms with Crippen molar-refractivity contribution >= 4 is 29.1 Å². The van der Waals surface area contributed by atoms with E-state index >= 15 is 0 Å². The Morgan fingerprint density at radius 1 is 1.15 bits per heavy atom. The largest absolute Gasteiger partial charge is 0.379 e. The number of anilines is 1. The summed E-state index contributed by atoms with van der Waals surface area (Å²) in [5.41, 5.74) is 0.989. The minimum atomic E-state index is -0.175. The van der Waals surface area contributed by atoms with Crippen molar-refractivity contribution in [3.05, 3.63) is 28.8 Å². The molecular weight excluding hydrogens is 354 g/mol. The molecule has 0 bridgehead atoms. The van der Waals surface area contributed by atoms with E-state index < -0.39 is 0 Å². The molecule has 26 heavy (non-hydrogen) atoms. The lowest BCUT2D eigenvalue weighted by Crippen LogP contribution is -2.41. The highest BCUT2D eigenvalue weighted by atomic mass is 35.5. The van der Waals surface area contributed by atoms with Crippen molar-refractivity contribution in [2.45, 2.75) is 38.1 Å². The SMILES string of the molecule is O=C(CN1CCOCC1)Nc1ccc(Cl)c(C(=O)NC2CCCCC2)c1. The van der Waals surface area contributed by atoms with E-state index in [-0.39, 0.29) is 17.9 Å². The highest BCUT2D eigenvalue weighted by Crippen LogP contribution is 2.23. The summed E-state index contributed by atoms with van der Waals surface area (Å²) in [6, 6.07) is 5.24. The van der Waals surface area contributed by atoms with Crippen molar-refractivity contribution < 1.29 is 14.3 Å². The van der Waals surface area contributed by atoms with Gasteiger partial charge in [0.25, 0.3) is 5.91 Å². The van der Waals surface area contributed by atoms with Crippen LogP contribution in [0.1, 0.15) is 42.5 Å². The molecule has 1 aliphatic carbocycles. The van der Waals surface area contributed by atoms with Gasteiger partial charge in [0.15, 0.2) is 0 Å². The van der Waals surface area contributed by atoms with Crippen molar-refractivity contribution in [1.29, 1.82) is 0 Å². The van der Waals surface area contributed by atoms with Gasteiger partial charge in [-0.05, 0) is 31.0 Å². The molecule has 142 valence electrons. The van der Waals surface area contributed by atoms with E-state index in [0.29, 0.717) is 36.0 Å². The third kappa shape index (κ3) is 5.43. The summed E-state index contributed by atoms with van der Waals surface area (Å²) in [4.78, 5) is 26.8. The predicted octanol–water partition coefficient (Wildman–Crippen LogP) is 2.67. The quantitative estimate of drug-likeness (QED) is 0.825. The Balaban J connectivity index is 1.59. The van der Waals surface area contributed by atoms with Gasteiger partial charge in [0.2, 0.25) is 5.91 Å². The number of nitrogens with zero attached hydrogens (tertiary/aromatic N) is 1. The average molecular weight is 380 g/mol. The smallest absolute Gasteiger partial charge is 0.253 e. The van der Waals surface area contributed by atoms with Crippen molar-refractivity contribution in [1.82, 2.24) is 10.2 Å².